The van der Waals surface area contributed by atoms with Gasteiger partial charge in [0.1, 0.15) is 15.4 Å². The number of hydrogen-bond acceptors (Lipinski definition) is 8. The van der Waals surface area contributed by atoms with E-state index in [2.05, 4.69) is 10.3 Å². The van der Waals surface area contributed by atoms with E-state index in [1.807, 2.05) is 37.3 Å². The summed E-state index contributed by atoms with van der Waals surface area (Å²) < 4.78 is 10.4. The van der Waals surface area contributed by atoms with Crippen LogP contribution in [0.25, 0.3) is 11.1 Å². The summed E-state index contributed by atoms with van der Waals surface area (Å²) in [5, 5.41) is 3.80. The van der Waals surface area contributed by atoms with Gasteiger partial charge in [0.25, 0.3) is 5.91 Å². The minimum Gasteiger partial charge on any atom is -0.462 e. The number of hydrogen-bond donors (Lipinski definition) is 1. The lowest BCUT2D eigenvalue weighted by atomic mass is 10.0. The number of thiazole rings is 1. The molecule has 0 spiro atoms. The molecule has 3 aromatic rings. The summed E-state index contributed by atoms with van der Waals surface area (Å²) in [5.41, 5.74) is 2.43. The molecule has 0 fully saturated rings. The van der Waals surface area contributed by atoms with Crippen LogP contribution in [0.2, 0.25) is 0 Å². The summed E-state index contributed by atoms with van der Waals surface area (Å²) in [6, 6.07) is 9.43. The number of nitrogens with zero attached hydrogens (tertiary/aromatic N) is 1. The molecule has 0 bridgehead atoms. The van der Waals surface area contributed by atoms with Gasteiger partial charge in [-0.3, -0.25) is 4.79 Å². The van der Waals surface area contributed by atoms with Gasteiger partial charge in [0.2, 0.25) is 0 Å². The second-order valence-corrected chi connectivity index (χ2v) is 9.02. The van der Waals surface area contributed by atoms with Crippen LogP contribution >= 0.6 is 22.7 Å². The number of aromatic nitrogens is 1. The highest BCUT2D eigenvalue weighted by Gasteiger charge is 2.26. The third-order valence-electron chi connectivity index (χ3n) is 4.30. The molecule has 0 aliphatic carbocycles. The number of carbonyl (C=O) groups is 3. The number of ether oxygens (including phenoxy) is 2. The van der Waals surface area contributed by atoms with E-state index in [9.17, 15) is 14.4 Å². The lowest BCUT2D eigenvalue weighted by Gasteiger charge is -2.09. The Hall–Kier alpha value is -3.04. The first-order chi connectivity index (χ1) is 14.8. The highest BCUT2D eigenvalue weighted by Crippen LogP contribution is 2.40. The molecule has 1 amide bonds. The first-order valence-corrected chi connectivity index (χ1v) is 11.2. The van der Waals surface area contributed by atoms with E-state index in [0.717, 1.165) is 15.4 Å². The van der Waals surface area contributed by atoms with E-state index >= 15 is 0 Å². The molecule has 9 heteroatoms. The molecular weight excluding hydrogens is 436 g/mol. The van der Waals surface area contributed by atoms with Crippen LogP contribution in [0, 0.1) is 20.8 Å². The molecule has 1 N–H and O–H groups in total. The molecule has 2 heterocycles. The van der Waals surface area contributed by atoms with Crippen LogP contribution in [0.4, 0.5) is 5.00 Å². The fourth-order valence-electron chi connectivity index (χ4n) is 3.06. The third-order valence-corrected chi connectivity index (χ3v) is 6.38. The Balaban J connectivity index is 1.80. The van der Waals surface area contributed by atoms with Crippen molar-refractivity contribution in [2.75, 3.05) is 18.5 Å². The smallest absolute Gasteiger partial charge is 0.350 e. The van der Waals surface area contributed by atoms with E-state index in [-0.39, 0.29) is 6.61 Å². The Morgan fingerprint density at radius 2 is 1.71 bits per heavy atom. The first kappa shape index (κ1) is 22.6. The Bertz CT molecular complexity index is 1120. The standard InChI is InChI=1S/C22H22N2O5S2/c1-5-28-21(26)18-17(15-9-7-6-8-10-15)13(3)30-20(18)24-16(25)11-29-22(27)19-12(2)23-14(4)31-19/h6-10H,5,11H2,1-4H3,(H,24,25). The molecule has 2 aromatic heterocycles. The van der Waals surface area contributed by atoms with E-state index < -0.39 is 24.5 Å². The van der Waals surface area contributed by atoms with Gasteiger partial charge in [0, 0.05) is 10.4 Å². The van der Waals surface area contributed by atoms with Crippen molar-refractivity contribution in [1.82, 2.24) is 4.98 Å². The number of esters is 2. The van der Waals surface area contributed by atoms with Crippen molar-refractivity contribution in [3.05, 3.63) is 56.4 Å². The molecule has 0 saturated carbocycles. The van der Waals surface area contributed by atoms with Crippen molar-refractivity contribution in [2.45, 2.75) is 27.7 Å². The van der Waals surface area contributed by atoms with Gasteiger partial charge in [-0.05, 0) is 33.3 Å². The Morgan fingerprint density at radius 1 is 1.00 bits per heavy atom. The SMILES string of the molecule is CCOC(=O)c1c(NC(=O)COC(=O)c2sc(C)nc2C)sc(C)c1-c1ccccc1. The quantitative estimate of drug-likeness (QED) is 0.513. The molecule has 7 nitrogen and oxygen atoms in total. The number of benzene rings is 1. The topological polar surface area (TPSA) is 94.6 Å². The molecule has 0 saturated heterocycles. The summed E-state index contributed by atoms with van der Waals surface area (Å²) in [7, 11) is 0. The monoisotopic (exact) mass is 458 g/mol. The van der Waals surface area contributed by atoms with Gasteiger partial charge in [0.05, 0.1) is 17.3 Å². The van der Waals surface area contributed by atoms with Crippen molar-refractivity contribution in [2.24, 2.45) is 0 Å². The van der Waals surface area contributed by atoms with Gasteiger partial charge in [-0.1, -0.05) is 30.3 Å². The molecule has 31 heavy (non-hydrogen) atoms. The number of aryl methyl sites for hydroxylation is 3. The number of amides is 1. The molecule has 0 aliphatic heterocycles. The molecule has 0 atom stereocenters. The summed E-state index contributed by atoms with van der Waals surface area (Å²) in [6.07, 6.45) is 0. The van der Waals surface area contributed by atoms with E-state index in [0.29, 0.717) is 26.7 Å². The zero-order valence-corrected chi connectivity index (χ0v) is 19.2. The first-order valence-electron chi connectivity index (χ1n) is 9.58. The van der Waals surface area contributed by atoms with Gasteiger partial charge >= 0.3 is 11.9 Å². The van der Waals surface area contributed by atoms with E-state index in [1.54, 1.807) is 20.8 Å². The molecule has 162 valence electrons. The van der Waals surface area contributed by atoms with Crippen molar-refractivity contribution < 1.29 is 23.9 Å². The molecule has 0 radical (unpaired) electrons. The third kappa shape index (κ3) is 5.18. The maximum Gasteiger partial charge on any atom is 0.350 e. The second-order valence-electron chi connectivity index (χ2n) is 6.60. The Morgan fingerprint density at radius 3 is 2.32 bits per heavy atom. The van der Waals surface area contributed by atoms with E-state index in [4.69, 9.17) is 9.47 Å². The van der Waals surface area contributed by atoms with Gasteiger partial charge < -0.3 is 14.8 Å². The van der Waals surface area contributed by atoms with E-state index in [1.165, 1.54) is 22.7 Å². The van der Waals surface area contributed by atoms with Gasteiger partial charge in [-0.25, -0.2) is 14.6 Å². The van der Waals surface area contributed by atoms with Crippen molar-refractivity contribution >= 4 is 45.5 Å². The van der Waals surface area contributed by atoms with Crippen molar-refractivity contribution in [3.63, 3.8) is 0 Å². The minimum absolute atomic E-state index is 0.209. The van der Waals surface area contributed by atoms with Crippen LogP contribution < -0.4 is 5.32 Å². The lowest BCUT2D eigenvalue weighted by molar-refractivity contribution is -0.119. The lowest BCUT2D eigenvalue weighted by Crippen LogP contribution is -2.21. The average Bonchev–Trinajstić information content (AvgIpc) is 3.24. The summed E-state index contributed by atoms with van der Waals surface area (Å²) in [6.45, 7) is 6.84. The predicted octanol–water partition coefficient (Wildman–Crippen LogP) is 4.77. The number of thiophene rings is 1. The predicted molar refractivity (Wildman–Crippen MR) is 121 cm³/mol. The fraction of sp³-hybridized carbons (Fsp3) is 0.273. The summed E-state index contributed by atoms with van der Waals surface area (Å²) >= 11 is 2.49. The molecular formula is C22H22N2O5S2. The van der Waals surface area contributed by atoms with Crippen LogP contribution in [-0.2, 0) is 14.3 Å². The maximum absolute atomic E-state index is 12.7. The highest BCUT2D eigenvalue weighted by molar-refractivity contribution is 7.17. The average molecular weight is 459 g/mol. The maximum atomic E-state index is 12.7. The summed E-state index contributed by atoms with van der Waals surface area (Å²) in [5.74, 6) is -1.66. The zero-order chi connectivity index (χ0) is 22.5. The van der Waals surface area contributed by atoms with Crippen LogP contribution in [0.1, 0.15) is 42.5 Å². The van der Waals surface area contributed by atoms with Gasteiger partial charge in [-0.15, -0.1) is 22.7 Å². The summed E-state index contributed by atoms with van der Waals surface area (Å²) in [4.78, 5) is 42.8. The Labute approximate surface area is 188 Å². The normalized spacial score (nSPS) is 10.6. The number of anilines is 1. The largest absolute Gasteiger partial charge is 0.462 e. The van der Waals surface area contributed by atoms with Crippen LogP contribution in [0.3, 0.4) is 0 Å². The molecule has 1 aromatic carbocycles. The van der Waals surface area contributed by atoms with Crippen molar-refractivity contribution in [3.8, 4) is 11.1 Å². The number of rotatable bonds is 7. The molecule has 0 aliphatic rings. The highest BCUT2D eigenvalue weighted by atomic mass is 32.1. The van der Waals surface area contributed by atoms with Gasteiger partial charge in [-0.2, -0.15) is 0 Å². The van der Waals surface area contributed by atoms with Crippen LogP contribution in [0.15, 0.2) is 30.3 Å². The molecule has 0 unspecified atom stereocenters. The second kappa shape index (κ2) is 9.84. The van der Waals surface area contributed by atoms with Gasteiger partial charge in [0.15, 0.2) is 6.61 Å². The van der Waals surface area contributed by atoms with Crippen LogP contribution in [-0.4, -0.2) is 36.0 Å². The number of carbonyl (C=O) groups excluding carboxylic acids is 3. The zero-order valence-electron chi connectivity index (χ0n) is 17.6. The molecule has 3 rings (SSSR count). The Kier molecular flexibility index (Phi) is 7.19. The number of nitrogens with one attached hydrogen (secondary N) is 1. The van der Waals surface area contributed by atoms with Crippen LogP contribution in [0.5, 0.6) is 0 Å². The minimum atomic E-state index is -0.601. The fourth-order valence-corrected chi connectivity index (χ4v) is 4.96. The van der Waals surface area contributed by atoms with Crippen molar-refractivity contribution in [1.29, 1.82) is 0 Å².